The first kappa shape index (κ1) is 17.4. The molecule has 1 unspecified atom stereocenters. The predicted octanol–water partition coefficient (Wildman–Crippen LogP) is -0.675. The minimum atomic E-state index is -3.34. The Hall–Kier alpha value is -0.700. The summed E-state index contributed by atoms with van der Waals surface area (Å²) in [4.78, 5) is 13.8. The van der Waals surface area contributed by atoms with Gasteiger partial charge in [-0.3, -0.25) is 9.69 Å². The van der Waals surface area contributed by atoms with Gasteiger partial charge in [-0.15, -0.1) is 0 Å². The van der Waals surface area contributed by atoms with Gasteiger partial charge < -0.3 is 5.32 Å². The molecule has 1 atom stereocenters. The molecule has 1 aliphatic rings. The Labute approximate surface area is 122 Å². The fourth-order valence-corrected chi connectivity index (χ4v) is 3.06. The van der Waals surface area contributed by atoms with E-state index >= 15 is 0 Å². The highest BCUT2D eigenvalue weighted by atomic mass is 32.2. The molecule has 0 radical (unpaired) electrons. The van der Waals surface area contributed by atoms with Crippen LogP contribution in [0, 0.1) is 0 Å². The molecule has 1 aliphatic heterocycles. The van der Waals surface area contributed by atoms with Gasteiger partial charge >= 0.3 is 0 Å². The fraction of sp³-hybridized carbons (Fsp3) is 0.917. The van der Waals surface area contributed by atoms with Gasteiger partial charge in [0.1, 0.15) is 0 Å². The number of carbonyl (C=O) groups is 1. The summed E-state index contributed by atoms with van der Waals surface area (Å²) in [5.74, 6) is 0.00302. The van der Waals surface area contributed by atoms with Crippen molar-refractivity contribution in [1.29, 1.82) is 0 Å². The summed E-state index contributed by atoms with van der Waals surface area (Å²) >= 11 is 0. The number of amides is 1. The van der Waals surface area contributed by atoms with Crippen molar-refractivity contribution in [1.82, 2.24) is 18.8 Å². The Morgan fingerprint density at radius 1 is 1.25 bits per heavy atom. The minimum absolute atomic E-state index is 0.00302. The zero-order chi connectivity index (χ0) is 15.3. The Morgan fingerprint density at radius 2 is 1.80 bits per heavy atom. The topological polar surface area (TPSA) is 73.0 Å². The third kappa shape index (κ3) is 4.69. The van der Waals surface area contributed by atoms with Gasteiger partial charge in [-0.25, -0.2) is 0 Å². The maximum atomic E-state index is 12.0. The Morgan fingerprint density at radius 3 is 2.25 bits per heavy atom. The molecule has 1 rings (SSSR count). The van der Waals surface area contributed by atoms with Crippen LogP contribution in [0.2, 0.25) is 0 Å². The number of hydrogen-bond acceptors (Lipinski definition) is 4. The molecular formula is C12H26N4O3S. The summed E-state index contributed by atoms with van der Waals surface area (Å²) in [7, 11) is -0.277. The van der Waals surface area contributed by atoms with Crippen LogP contribution in [0.4, 0.5) is 0 Å². The Balaban J connectivity index is 2.41. The largest absolute Gasteiger partial charge is 0.353 e. The summed E-state index contributed by atoms with van der Waals surface area (Å²) in [6.45, 7) is 6.35. The van der Waals surface area contributed by atoms with Crippen molar-refractivity contribution in [3.63, 3.8) is 0 Å². The normalized spacial score (nSPS) is 20.1. The van der Waals surface area contributed by atoms with Crippen molar-refractivity contribution >= 4 is 16.1 Å². The molecule has 1 heterocycles. The summed E-state index contributed by atoms with van der Waals surface area (Å²) in [6, 6.07) is 0.179. The molecule has 1 saturated heterocycles. The second-order valence-corrected chi connectivity index (χ2v) is 7.48. The van der Waals surface area contributed by atoms with Gasteiger partial charge in [-0.1, -0.05) is 6.92 Å². The van der Waals surface area contributed by atoms with Crippen LogP contribution in [-0.2, 0) is 15.0 Å². The average Bonchev–Trinajstić information content (AvgIpc) is 2.38. The van der Waals surface area contributed by atoms with Gasteiger partial charge in [-0.05, 0) is 13.3 Å². The van der Waals surface area contributed by atoms with E-state index < -0.39 is 10.2 Å². The quantitative estimate of drug-likeness (QED) is 0.706. The van der Waals surface area contributed by atoms with E-state index in [1.54, 1.807) is 0 Å². The standard InChI is InChI=1S/C12H26N4O3S/c1-5-11(2)13-12(17)10-15-6-8-16(9-7-15)20(18,19)14(3)4/h11H,5-10H2,1-4H3,(H,13,17). The van der Waals surface area contributed by atoms with Crippen LogP contribution in [0.1, 0.15) is 20.3 Å². The molecule has 0 spiro atoms. The van der Waals surface area contributed by atoms with Gasteiger partial charge in [0.05, 0.1) is 6.54 Å². The van der Waals surface area contributed by atoms with Crippen molar-refractivity contribution in [3.05, 3.63) is 0 Å². The van der Waals surface area contributed by atoms with E-state index in [0.29, 0.717) is 32.7 Å². The van der Waals surface area contributed by atoms with Gasteiger partial charge in [0.25, 0.3) is 10.2 Å². The van der Waals surface area contributed by atoms with Crippen LogP contribution in [0.5, 0.6) is 0 Å². The number of hydrogen-bond donors (Lipinski definition) is 1. The van der Waals surface area contributed by atoms with Crippen molar-refractivity contribution in [3.8, 4) is 0 Å². The second-order valence-electron chi connectivity index (χ2n) is 5.34. The molecular weight excluding hydrogens is 280 g/mol. The predicted molar refractivity (Wildman–Crippen MR) is 78.5 cm³/mol. The molecule has 1 amide bonds. The molecule has 7 nitrogen and oxygen atoms in total. The lowest BCUT2D eigenvalue weighted by molar-refractivity contribution is -0.123. The number of nitrogens with one attached hydrogen (secondary N) is 1. The van der Waals surface area contributed by atoms with E-state index in [4.69, 9.17) is 0 Å². The summed E-state index contributed by atoms with van der Waals surface area (Å²) in [5.41, 5.74) is 0. The molecule has 0 aromatic rings. The first-order valence-corrected chi connectivity index (χ1v) is 8.36. The number of piperazine rings is 1. The van der Waals surface area contributed by atoms with Crippen LogP contribution in [0.3, 0.4) is 0 Å². The Kier molecular flexibility index (Phi) is 6.38. The molecule has 0 bridgehead atoms. The number of rotatable bonds is 6. The molecule has 1 N–H and O–H groups in total. The van der Waals surface area contributed by atoms with E-state index in [9.17, 15) is 13.2 Å². The van der Waals surface area contributed by atoms with Crippen molar-refractivity contribution in [2.45, 2.75) is 26.3 Å². The molecule has 8 heteroatoms. The third-order valence-electron chi connectivity index (χ3n) is 3.51. The van der Waals surface area contributed by atoms with Crippen LogP contribution < -0.4 is 5.32 Å². The van der Waals surface area contributed by atoms with Crippen molar-refractivity contribution in [2.75, 3.05) is 46.8 Å². The monoisotopic (exact) mass is 306 g/mol. The molecule has 0 aromatic carbocycles. The Bertz CT molecular complexity index is 416. The minimum Gasteiger partial charge on any atom is -0.353 e. The highest BCUT2D eigenvalue weighted by Gasteiger charge is 2.29. The lowest BCUT2D eigenvalue weighted by Gasteiger charge is -2.34. The molecule has 0 aromatic heterocycles. The highest BCUT2D eigenvalue weighted by Crippen LogP contribution is 2.09. The molecule has 0 aliphatic carbocycles. The third-order valence-corrected chi connectivity index (χ3v) is 5.45. The van der Waals surface area contributed by atoms with Crippen LogP contribution in [-0.4, -0.2) is 80.7 Å². The number of carbonyl (C=O) groups excluding carboxylic acids is 1. The maximum Gasteiger partial charge on any atom is 0.281 e. The highest BCUT2D eigenvalue weighted by molar-refractivity contribution is 7.86. The molecule has 1 fully saturated rings. The lowest BCUT2D eigenvalue weighted by Crippen LogP contribution is -2.53. The first-order chi connectivity index (χ1) is 9.27. The summed E-state index contributed by atoms with van der Waals surface area (Å²) < 4.78 is 26.6. The molecule has 0 saturated carbocycles. The smallest absolute Gasteiger partial charge is 0.281 e. The van der Waals surface area contributed by atoms with E-state index in [2.05, 4.69) is 5.32 Å². The zero-order valence-corrected chi connectivity index (χ0v) is 13.6. The maximum absolute atomic E-state index is 12.0. The summed E-state index contributed by atoms with van der Waals surface area (Å²) in [5, 5.41) is 2.92. The average molecular weight is 306 g/mol. The fourth-order valence-electron chi connectivity index (χ4n) is 1.97. The van der Waals surface area contributed by atoms with Gasteiger partial charge in [0.15, 0.2) is 0 Å². The van der Waals surface area contributed by atoms with Crippen LogP contribution in [0.25, 0.3) is 0 Å². The van der Waals surface area contributed by atoms with Crippen LogP contribution >= 0.6 is 0 Å². The van der Waals surface area contributed by atoms with E-state index in [1.807, 2.05) is 18.7 Å². The SMILES string of the molecule is CCC(C)NC(=O)CN1CCN(S(=O)(=O)N(C)C)CC1. The zero-order valence-electron chi connectivity index (χ0n) is 12.8. The first-order valence-electron chi connectivity index (χ1n) is 6.96. The van der Waals surface area contributed by atoms with Gasteiger partial charge in [0, 0.05) is 46.3 Å². The lowest BCUT2D eigenvalue weighted by atomic mass is 10.2. The van der Waals surface area contributed by atoms with Crippen molar-refractivity contribution in [2.24, 2.45) is 0 Å². The van der Waals surface area contributed by atoms with Crippen LogP contribution in [0.15, 0.2) is 0 Å². The summed E-state index contributed by atoms with van der Waals surface area (Å²) in [6.07, 6.45) is 0.903. The van der Waals surface area contributed by atoms with E-state index in [0.717, 1.165) is 6.42 Å². The number of nitrogens with zero attached hydrogens (tertiary/aromatic N) is 3. The molecule has 20 heavy (non-hydrogen) atoms. The van der Waals surface area contributed by atoms with Gasteiger partial charge in [-0.2, -0.15) is 17.0 Å². The van der Waals surface area contributed by atoms with Crippen molar-refractivity contribution < 1.29 is 13.2 Å². The van der Waals surface area contributed by atoms with E-state index in [1.165, 1.54) is 22.7 Å². The second kappa shape index (κ2) is 7.35. The van der Waals surface area contributed by atoms with E-state index in [-0.39, 0.29) is 11.9 Å². The molecule has 118 valence electrons. The van der Waals surface area contributed by atoms with Gasteiger partial charge in [0.2, 0.25) is 5.91 Å².